The molecule has 10 heteroatoms. The van der Waals surface area contributed by atoms with Crippen molar-refractivity contribution in [2.75, 3.05) is 11.1 Å². The lowest BCUT2D eigenvalue weighted by molar-refractivity contribution is -0.113. The maximum absolute atomic E-state index is 12.5. The van der Waals surface area contributed by atoms with E-state index in [9.17, 15) is 9.59 Å². The molecule has 0 bridgehead atoms. The van der Waals surface area contributed by atoms with E-state index in [2.05, 4.69) is 20.4 Å². The average molecular weight is 404 g/mol. The molecule has 0 unspecified atom stereocenters. The summed E-state index contributed by atoms with van der Waals surface area (Å²) in [7, 11) is 0. The maximum atomic E-state index is 12.5. The summed E-state index contributed by atoms with van der Waals surface area (Å²) in [6.45, 7) is 1.74. The predicted molar refractivity (Wildman–Crippen MR) is 104 cm³/mol. The van der Waals surface area contributed by atoms with Crippen molar-refractivity contribution in [2.24, 2.45) is 0 Å². The van der Waals surface area contributed by atoms with Crippen LogP contribution in [-0.4, -0.2) is 26.8 Å². The molecule has 1 amide bonds. The van der Waals surface area contributed by atoms with E-state index in [4.69, 9.17) is 4.52 Å². The fourth-order valence-corrected chi connectivity index (χ4v) is 4.83. The Morgan fingerprint density at radius 2 is 2.31 bits per heavy atom. The van der Waals surface area contributed by atoms with Gasteiger partial charge in [-0.1, -0.05) is 23.0 Å². The number of aromatic nitrogens is 3. The van der Waals surface area contributed by atoms with Crippen LogP contribution in [0.15, 0.2) is 43.4 Å². The van der Waals surface area contributed by atoms with Crippen molar-refractivity contribution in [3.8, 4) is 10.4 Å². The van der Waals surface area contributed by atoms with Gasteiger partial charge >= 0.3 is 0 Å². The van der Waals surface area contributed by atoms with E-state index in [-0.39, 0.29) is 17.2 Å². The number of carbonyl (C=O) groups excluding carboxylic acids is 1. The third kappa shape index (κ3) is 3.43. The van der Waals surface area contributed by atoms with Crippen LogP contribution in [0.3, 0.4) is 0 Å². The Kier molecular flexibility index (Phi) is 4.62. The fraction of sp³-hybridized carbons (Fsp3) is 0.125. The van der Waals surface area contributed by atoms with Crippen molar-refractivity contribution < 1.29 is 9.32 Å². The van der Waals surface area contributed by atoms with Gasteiger partial charge in [0.05, 0.1) is 11.1 Å². The second kappa shape index (κ2) is 7.06. The average Bonchev–Trinajstić information content (AvgIpc) is 3.33. The Bertz CT molecular complexity index is 1130. The molecule has 0 saturated carbocycles. The van der Waals surface area contributed by atoms with Crippen molar-refractivity contribution in [3.63, 3.8) is 0 Å². The molecule has 26 heavy (non-hydrogen) atoms. The summed E-state index contributed by atoms with van der Waals surface area (Å²) < 4.78 is 4.90. The highest BCUT2D eigenvalue weighted by Gasteiger charge is 2.14. The monoisotopic (exact) mass is 404 g/mol. The molecule has 0 aliphatic heterocycles. The van der Waals surface area contributed by atoms with Gasteiger partial charge in [0.15, 0.2) is 11.0 Å². The number of fused-ring (bicyclic) bond motifs is 1. The van der Waals surface area contributed by atoms with E-state index >= 15 is 0 Å². The lowest BCUT2D eigenvalue weighted by Gasteiger charge is -2.02. The standard InChI is InChI=1S/C16H12N4O3S3/c1-8-5-11(20-23-8)17-12(21)7-26-16-18-14(22)13-9(6-25-15(13)19-16)10-3-2-4-24-10/h2-6H,7H2,1H3,(H,17,20,21)(H,18,19,22). The molecule has 0 aromatic carbocycles. The van der Waals surface area contributed by atoms with Crippen LogP contribution < -0.4 is 10.9 Å². The zero-order valence-electron chi connectivity index (χ0n) is 13.4. The van der Waals surface area contributed by atoms with Gasteiger partial charge in [0.25, 0.3) is 5.56 Å². The van der Waals surface area contributed by atoms with E-state index in [1.807, 2.05) is 22.9 Å². The molecule has 4 aromatic rings. The Labute approximate surface area is 159 Å². The minimum atomic E-state index is -0.253. The van der Waals surface area contributed by atoms with Gasteiger partial charge in [-0.25, -0.2) is 4.98 Å². The molecule has 0 spiro atoms. The number of aromatic amines is 1. The van der Waals surface area contributed by atoms with Gasteiger partial charge in [-0.2, -0.15) is 0 Å². The number of nitrogens with zero attached hydrogens (tertiary/aromatic N) is 2. The summed E-state index contributed by atoms with van der Waals surface area (Å²) in [6, 6.07) is 5.56. The molecule has 0 aliphatic rings. The molecular formula is C16H12N4O3S3. The predicted octanol–water partition coefficient (Wildman–Crippen LogP) is 3.74. The highest BCUT2D eigenvalue weighted by molar-refractivity contribution is 7.99. The number of hydrogen-bond donors (Lipinski definition) is 2. The first-order valence-corrected chi connectivity index (χ1v) is 10.3. The topological polar surface area (TPSA) is 101 Å². The lowest BCUT2D eigenvalue weighted by atomic mass is 10.2. The Morgan fingerprint density at radius 1 is 1.42 bits per heavy atom. The molecule has 132 valence electrons. The summed E-state index contributed by atoms with van der Waals surface area (Å²) in [5.74, 6) is 0.827. The van der Waals surface area contributed by atoms with Gasteiger partial charge in [0.1, 0.15) is 10.6 Å². The van der Waals surface area contributed by atoms with Crippen molar-refractivity contribution in [3.05, 3.63) is 45.1 Å². The molecule has 0 fully saturated rings. The Morgan fingerprint density at radius 3 is 3.04 bits per heavy atom. The van der Waals surface area contributed by atoms with Gasteiger partial charge in [-0.05, 0) is 18.4 Å². The van der Waals surface area contributed by atoms with Crippen LogP contribution >= 0.6 is 34.4 Å². The normalized spacial score (nSPS) is 11.1. The molecule has 0 saturated heterocycles. The molecular weight excluding hydrogens is 392 g/mol. The van der Waals surface area contributed by atoms with Crippen LogP contribution in [0, 0.1) is 6.92 Å². The number of amides is 1. The number of thiophene rings is 2. The first-order chi connectivity index (χ1) is 12.6. The largest absolute Gasteiger partial charge is 0.360 e. The third-order valence-electron chi connectivity index (χ3n) is 3.44. The molecule has 4 heterocycles. The van der Waals surface area contributed by atoms with Crippen LogP contribution in [0.1, 0.15) is 5.76 Å². The summed E-state index contributed by atoms with van der Waals surface area (Å²) in [5, 5.41) is 11.2. The zero-order chi connectivity index (χ0) is 18.1. The number of rotatable bonds is 5. The number of thioether (sulfide) groups is 1. The molecule has 0 aliphatic carbocycles. The van der Waals surface area contributed by atoms with Crippen molar-refractivity contribution in [1.29, 1.82) is 0 Å². The number of H-pyrrole nitrogens is 1. The molecule has 7 nitrogen and oxygen atoms in total. The van der Waals surface area contributed by atoms with Crippen molar-refractivity contribution in [2.45, 2.75) is 12.1 Å². The number of anilines is 1. The summed E-state index contributed by atoms with van der Waals surface area (Å²) in [5.41, 5.74) is 0.694. The van der Waals surface area contributed by atoms with E-state index in [1.165, 1.54) is 11.3 Å². The molecule has 4 aromatic heterocycles. The molecule has 0 atom stereocenters. The van der Waals surface area contributed by atoms with Gasteiger partial charge in [0, 0.05) is 21.9 Å². The smallest absolute Gasteiger partial charge is 0.260 e. The quantitative estimate of drug-likeness (QED) is 0.388. The maximum Gasteiger partial charge on any atom is 0.260 e. The van der Waals surface area contributed by atoms with Crippen molar-refractivity contribution >= 4 is 56.4 Å². The zero-order valence-corrected chi connectivity index (χ0v) is 15.9. The van der Waals surface area contributed by atoms with Gasteiger partial charge < -0.3 is 14.8 Å². The van der Waals surface area contributed by atoms with Crippen LogP contribution in [-0.2, 0) is 4.79 Å². The molecule has 4 rings (SSSR count). The van der Waals surface area contributed by atoms with Crippen LogP contribution in [0.5, 0.6) is 0 Å². The van der Waals surface area contributed by atoms with E-state index in [1.54, 1.807) is 24.3 Å². The summed E-state index contributed by atoms with van der Waals surface area (Å²) in [6.07, 6.45) is 0. The molecule has 0 radical (unpaired) electrons. The van der Waals surface area contributed by atoms with Gasteiger partial charge in [-0.15, -0.1) is 22.7 Å². The first kappa shape index (κ1) is 17.0. The van der Waals surface area contributed by atoms with Crippen LogP contribution in [0.4, 0.5) is 5.82 Å². The summed E-state index contributed by atoms with van der Waals surface area (Å²) in [4.78, 5) is 33.4. The van der Waals surface area contributed by atoms with E-state index in [0.717, 1.165) is 22.2 Å². The van der Waals surface area contributed by atoms with Gasteiger partial charge in [-0.3, -0.25) is 9.59 Å². The highest BCUT2D eigenvalue weighted by atomic mass is 32.2. The minimum absolute atomic E-state index is 0.101. The third-order valence-corrected chi connectivity index (χ3v) is 6.09. The number of aryl methyl sites for hydroxylation is 1. The lowest BCUT2D eigenvalue weighted by Crippen LogP contribution is -2.15. The molecule has 2 N–H and O–H groups in total. The number of carbonyl (C=O) groups is 1. The SMILES string of the molecule is Cc1cc(NC(=O)CSc2nc3scc(-c4cccs4)c3c(=O)[nH]2)no1. The fourth-order valence-electron chi connectivity index (χ4n) is 2.35. The second-order valence-electron chi connectivity index (χ2n) is 5.34. The number of nitrogens with one attached hydrogen (secondary N) is 2. The van der Waals surface area contributed by atoms with Crippen molar-refractivity contribution in [1.82, 2.24) is 15.1 Å². The van der Waals surface area contributed by atoms with Crippen LogP contribution in [0.25, 0.3) is 20.7 Å². The Balaban J connectivity index is 1.51. The van der Waals surface area contributed by atoms with E-state index in [0.29, 0.717) is 27.0 Å². The second-order valence-corrected chi connectivity index (χ2v) is 8.11. The summed E-state index contributed by atoms with van der Waals surface area (Å²) >= 11 is 4.16. The van der Waals surface area contributed by atoms with E-state index < -0.39 is 0 Å². The van der Waals surface area contributed by atoms with Crippen LogP contribution in [0.2, 0.25) is 0 Å². The van der Waals surface area contributed by atoms with Gasteiger partial charge in [0.2, 0.25) is 5.91 Å². The Hall–Kier alpha value is -2.43. The first-order valence-electron chi connectivity index (χ1n) is 7.51. The highest BCUT2D eigenvalue weighted by Crippen LogP contribution is 2.34. The minimum Gasteiger partial charge on any atom is -0.360 e. The number of hydrogen-bond acceptors (Lipinski definition) is 8.